The summed E-state index contributed by atoms with van der Waals surface area (Å²) >= 11 is 0. The molecule has 0 aromatic carbocycles. The molecule has 0 aliphatic carbocycles. The zero-order chi connectivity index (χ0) is 3.41. The number of rotatable bonds is 1. The van der Waals surface area contributed by atoms with Crippen LogP contribution in [0.5, 0.6) is 0 Å². The van der Waals surface area contributed by atoms with Gasteiger partial charge >= 0.3 is 0 Å². The van der Waals surface area contributed by atoms with Gasteiger partial charge in [-0.1, -0.05) is 0 Å². The molecule has 0 bridgehead atoms. The van der Waals surface area contributed by atoms with Crippen LogP contribution in [0.4, 0.5) is 0 Å². The topological polar surface area (TPSA) is 35.8 Å². The Morgan fingerprint density at radius 3 is 2.25 bits per heavy atom. The summed E-state index contributed by atoms with van der Waals surface area (Å²) in [5, 5.41) is 2.60. The molecular weight excluding hydrogens is 52.0 g/mol. The molecule has 0 saturated heterocycles. The molecule has 2 N–H and O–H groups in total. The van der Waals surface area contributed by atoms with Crippen molar-refractivity contribution in [3.05, 3.63) is 0 Å². The summed E-state index contributed by atoms with van der Waals surface area (Å²) in [6.45, 7) is 0.319. The molecule has 2 heteroatoms. The normalized spacial score (nSPS) is 7.50. The van der Waals surface area contributed by atoms with Crippen molar-refractivity contribution in [3.63, 3.8) is 0 Å². The van der Waals surface area contributed by atoms with Crippen LogP contribution in [-0.2, 0) is 0 Å². The molecule has 0 spiro atoms. The minimum Gasteiger partial charge on any atom is -0.307 e. The Bertz CT molecular complexity index is 6.00. The first-order valence-electron chi connectivity index (χ1n) is 1.21. The summed E-state index contributed by atoms with van der Waals surface area (Å²) in [7, 11) is 1.74. The largest absolute Gasteiger partial charge is 0.307 e. The number of nitrogens with one attached hydrogen (secondary N) is 2. The van der Waals surface area contributed by atoms with Gasteiger partial charge in [0.05, 0.1) is 6.67 Å². The van der Waals surface area contributed by atoms with Crippen molar-refractivity contribution < 1.29 is 0 Å². The van der Waals surface area contributed by atoms with Gasteiger partial charge in [-0.05, 0) is 7.05 Å². The molecule has 0 atom stereocenters. The van der Waals surface area contributed by atoms with E-state index in [1.807, 2.05) is 0 Å². The third kappa shape index (κ3) is 1.92. The van der Waals surface area contributed by atoms with E-state index in [1.165, 1.54) is 0 Å². The summed E-state index contributed by atoms with van der Waals surface area (Å²) in [5.41, 5.74) is 6.34. The third-order valence-corrected chi connectivity index (χ3v) is 0.177. The van der Waals surface area contributed by atoms with Crippen molar-refractivity contribution in [3.8, 4) is 0 Å². The molecule has 0 aromatic rings. The Kier molecular flexibility index (Phi) is 2.86. The molecule has 0 unspecified atom stereocenters. The van der Waals surface area contributed by atoms with Gasteiger partial charge in [-0.25, -0.2) is 5.73 Å². The van der Waals surface area contributed by atoms with Gasteiger partial charge in [0.1, 0.15) is 0 Å². The number of hydrogen-bond donors (Lipinski definition) is 1. The monoisotopic (exact) mass is 59.1 g/mol. The predicted molar refractivity (Wildman–Crippen MR) is 17.0 cm³/mol. The first kappa shape index (κ1) is 3.92. The molecule has 0 aromatic heterocycles. The van der Waals surface area contributed by atoms with Crippen molar-refractivity contribution >= 4 is 0 Å². The average molecular weight is 59.1 g/mol. The Balaban J connectivity index is 1.97. The molecule has 0 saturated carbocycles. The Hall–Kier alpha value is -0.0800. The van der Waals surface area contributed by atoms with E-state index in [4.69, 9.17) is 5.73 Å². The van der Waals surface area contributed by atoms with Gasteiger partial charge < -0.3 is 5.32 Å². The van der Waals surface area contributed by atoms with Gasteiger partial charge in [0.2, 0.25) is 0 Å². The third-order valence-electron chi connectivity index (χ3n) is 0.177. The summed E-state index contributed by atoms with van der Waals surface area (Å²) in [4.78, 5) is 0. The Morgan fingerprint density at radius 2 is 2.25 bits per heavy atom. The maximum atomic E-state index is 6.34. The number of hydrogen-bond acceptors (Lipinski definition) is 1. The summed E-state index contributed by atoms with van der Waals surface area (Å²) in [5.74, 6) is 0. The molecule has 0 heterocycles. The lowest BCUT2D eigenvalue weighted by atomic mass is 11.1. The first-order chi connectivity index (χ1) is 1.91. The second-order valence-corrected chi connectivity index (χ2v) is 0.530. The van der Waals surface area contributed by atoms with Crippen LogP contribution in [0.15, 0.2) is 0 Å². The minimum atomic E-state index is 0.319. The molecule has 0 fully saturated rings. The van der Waals surface area contributed by atoms with E-state index in [-0.39, 0.29) is 0 Å². The van der Waals surface area contributed by atoms with Crippen molar-refractivity contribution in [1.82, 2.24) is 11.1 Å². The fourth-order valence-electron chi connectivity index (χ4n) is 0. The van der Waals surface area contributed by atoms with E-state index in [0.717, 1.165) is 0 Å². The van der Waals surface area contributed by atoms with Crippen LogP contribution in [-0.4, -0.2) is 13.7 Å². The van der Waals surface area contributed by atoms with Crippen LogP contribution in [0.1, 0.15) is 0 Å². The summed E-state index contributed by atoms with van der Waals surface area (Å²) in [6.07, 6.45) is 0. The zero-order valence-corrected chi connectivity index (χ0v) is 2.71. The molecule has 4 heavy (non-hydrogen) atoms. The Labute approximate surface area is 26.0 Å². The molecule has 1 radical (unpaired) electrons. The van der Waals surface area contributed by atoms with Crippen molar-refractivity contribution in [2.45, 2.75) is 0 Å². The summed E-state index contributed by atoms with van der Waals surface area (Å²) < 4.78 is 0. The first-order valence-corrected chi connectivity index (χ1v) is 1.21. The standard InChI is InChI=1S/C2H7N2/c1-4-2-3/h3-4H,2H2,1H3. The fraction of sp³-hybridized carbons (Fsp3) is 1.00. The van der Waals surface area contributed by atoms with Crippen molar-refractivity contribution in [2.24, 2.45) is 0 Å². The van der Waals surface area contributed by atoms with Gasteiger partial charge in [-0.2, -0.15) is 0 Å². The van der Waals surface area contributed by atoms with Gasteiger partial charge in [0.15, 0.2) is 0 Å². The van der Waals surface area contributed by atoms with Crippen LogP contribution in [0, 0.1) is 0 Å². The molecular formula is C2H7N2. The molecule has 25 valence electrons. The highest BCUT2D eigenvalue weighted by molar-refractivity contribution is 4.10. The predicted octanol–water partition coefficient (Wildman–Crippen LogP) is -0.554. The maximum absolute atomic E-state index is 6.34. The fourth-order valence-corrected chi connectivity index (χ4v) is 0. The van der Waals surface area contributed by atoms with E-state index in [2.05, 4.69) is 5.32 Å². The van der Waals surface area contributed by atoms with Gasteiger partial charge in [-0.3, -0.25) is 0 Å². The van der Waals surface area contributed by atoms with Crippen LogP contribution in [0.25, 0.3) is 0 Å². The van der Waals surface area contributed by atoms with Crippen LogP contribution in [0.2, 0.25) is 0 Å². The lowest BCUT2D eigenvalue weighted by Crippen LogP contribution is -2.06. The van der Waals surface area contributed by atoms with Crippen LogP contribution in [0.3, 0.4) is 0 Å². The molecule has 2 nitrogen and oxygen atoms in total. The lowest BCUT2D eigenvalue weighted by molar-refractivity contribution is 0.813. The highest BCUT2D eigenvalue weighted by Crippen LogP contribution is 1.21. The van der Waals surface area contributed by atoms with Crippen LogP contribution >= 0.6 is 0 Å². The van der Waals surface area contributed by atoms with E-state index >= 15 is 0 Å². The van der Waals surface area contributed by atoms with Crippen LogP contribution < -0.4 is 11.1 Å². The van der Waals surface area contributed by atoms with E-state index in [0.29, 0.717) is 6.67 Å². The maximum Gasteiger partial charge on any atom is 0.0587 e. The van der Waals surface area contributed by atoms with E-state index in [1.54, 1.807) is 7.05 Å². The smallest absolute Gasteiger partial charge is 0.0587 e. The van der Waals surface area contributed by atoms with Gasteiger partial charge in [0, 0.05) is 0 Å². The molecule has 0 rings (SSSR count). The van der Waals surface area contributed by atoms with Gasteiger partial charge in [0.25, 0.3) is 0 Å². The highest BCUT2D eigenvalue weighted by Gasteiger charge is 1.50. The van der Waals surface area contributed by atoms with Crippen molar-refractivity contribution in [1.29, 1.82) is 0 Å². The van der Waals surface area contributed by atoms with Crippen molar-refractivity contribution in [2.75, 3.05) is 13.7 Å². The lowest BCUT2D eigenvalue weighted by Gasteiger charge is -1.75. The average Bonchev–Trinajstić information content (AvgIpc) is 1.37. The zero-order valence-electron chi connectivity index (χ0n) is 2.71. The quantitative estimate of drug-likeness (QED) is 0.432. The summed E-state index contributed by atoms with van der Waals surface area (Å²) in [6, 6.07) is 0. The second kappa shape index (κ2) is 2.92. The SMILES string of the molecule is CNC[NH]. The van der Waals surface area contributed by atoms with Gasteiger partial charge in [-0.15, -0.1) is 0 Å². The minimum absolute atomic E-state index is 0.319. The van der Waals surface area contributed by atoms with E-state index in [9.17, 15) is 0 Å². The molecule has 0 aliphatic rings. The Morgan fingerprint density at radius 1 is 2.00 bits per heavy atom. The molecule has 0 aliphatic heterocycles. The second-order valence-electron chi connectivity index (χ2n) is 0.530. The highest BCUT2D eigenvalue weighted by atomic mass is 14.9. The van der Waals surface area contributed by atoms with E-state index < -0.39 is 0 Å². The molecule has 0 amide bonds.